The fourth-order valence-corrected chi connectivity index (χ4v) is 4.70. The minimum atomic E-state index is -0.0108. The van der Waals surface area contributed by atoms with E-state index in [9.17, 15) is 9.59 Å². The minimum absolute atomic E-state index is 0.0108. The number of hydrogen-bond acceptors (Lipinski definition) is 2. The van der Waals surface area contributed by atoms with E-state index in [4.69, 9.17) is 0 Å². The van der Waals surface area contributed by atoms with Gasteiger partial charge < -0.3 is 21.3 Å². The summed E-state index contributed by atoms with van der Waals surface area (Å²) in [5.41, 5.74) is 0. The molecule has 0 unspecified atom stereocenters. The molecule has 4 amide bonds. The summed E-state index contributed by atoms with van der Waals surface area (Å²) in [7, 11) is 0. The molecule has 6 nitrogen and oxygen atoms in total. The van der Waals surface area contributed by atoms with Crippen LogP contribution in [0.4, 0.5) is 9.59 Å². The largest absolute Gasteiger partial charge is 0.335 e. The molecule has 0 saturated heterocycles. The van der Waals surface area contributed by atoms with Gasteiger partial charge in [0.05, 0.1) is 0 Å². The average molecular weight is 365 g/mol. The van der Waals surface area contributed by atoms with Crippen LogP contribution in [0.3, 0.4) is 0 Å². The van der Waals surface area contributed by atoms with Gasteiger partial charge in [0.15, 0.2) is 0 Å². The van der Waals surface area contributed by atoms with Gasteiger partial charge in [-0.15, -0.1) is 0 Å². The van der Waals surface area contributed by atoms with Crippen LogP contribution in [0.1, 0.15) is 89.9 Å². The van der Waals surface area contributed by atoms with Crippen molar-refractivity contribution in [3.63, 3.8) is 0 Å². The summed E-state index contributed by atoms with van der Waals surface area (Å²) in [5, 5.41) is 12.5. The molecule has 4 N–H and O–H groups in total. The third kappa shape index (κ3) is 6.36. The lowest BCUT2D eigenvalue weighted by molar-refractivity contribution is 0.214. The zero-order valence-corrected chi connectivity index (χ0v) is 16.0. The summed E-state index contributed by atoms with van der Waals surface area (Å²) in [6.45, 7) is 0. The number of urea groups is 2. The van der Waals surface area contributed by atoms with E-state index in [0.717, 1.165) is 51.4 Å². The van der Waals surface area contributed by atoms with Crippen LogP contribution in [-0.2, 0) is 0 Å². The zero-order valence-electron chi connectivity index (χ0n) is 16.0. The third-order valence-corrected chi connectivity index (χ3v) is 6.28. The number of amides is 4. The van der Waals surface area contributed by atoms with Crippen LogP contribution >= 0.6 is 0 Å². The molecular weight excluding hydrogens is 328 g/mol. The van der Waals surface area contributed by atoms with Crippen LogP contribution in [-0.4, -0.2) is 36.2 Å². The molecule has 3 saturated carbocycles. The number of rotatable bonds is 4. The maximum atomic E-state index is 12.2. The quantitative estimate of drug-likeness (QED) is 0.615. The molecule has 3 fully saturated rings. The molecule has 3 aliphatic rings. The number of hydrogen-bond donors (Lipinski definition) is 4. The van der Waals surface area contributed by atoms with Crippen molar-refractivity contribution < 1.29 is 9.59 Å². The van der Waals surface area contributed by atoms with Gasteiger partial charge in [0, 0.05) is 24.2 Å². The van der Waals surface area contributed by atoms with Crippen molar-refractivity contribution >= 4 is 12.1 Å². The first-order chi connectivity index (χ1) is 12.7. The van der Waals surface area contributed by atoms with Crippen LogP contribution in [0, 0.1) is 0 Å². The molecule has 148 valence electrons. The molecule has 26 heavy (non-hydrogen) atoms. The molecule has 0 spiro atoms. The Morgan fingerprint density at radius 1 is 0.423 bits per heavy atom. The Kier molecular flexibility index (Phi) is 7.44. The van der Waals surface area contributed by atoms with Crippen molar-refractivity contribution in [2.45, 2.75) is 114 Å². The Labute approximate surface area is 157 Å². The van der Waals surface area contributed by atoms with Gasteiger partial charge in [0.2, 0.25) is 0 Å². The predicted molar refractivity (Wildman–Crippen MR) is 103 cm³/mol. The van der Waals surface area contributed by atoms with Crippen LogP contribution < -0.4 is 21.3 Å². The van der Waals surface area contributed by atoms with Crippen molar-refractivity contribution in [2.24, 2.45) is 0 Å². The molecule has 3 rings (SSSR count). The second kappa shape index (κ2) is 10.0. The van der Waals surface area contributed by atoms with E-state index >= 15 is 0 Å². The van der Waals surface area contributed by atoms with Crippen molar-refractivity contribution in [3.05, 3.63) is 0 Å². The summed E-state index contributed by atoms with van der Waals surface area (Å²) < 4.78 is 0. The fourth-order valence-electron chi connectivity index (χ4n) is 4.70. The second-order valence-corrected chi connectivity index (χ2v) is 8.45. The highest BCUT2D eigenvalue weighted by Crippen LogP contribution is 2.20. The first kappa shape index (κ1) is 19.3. The first-order valence-electron chi connectivity index (χ1n) is 10.8. The highest BCUT2D eigenvalue weighted by molar-refractivity contribution is 5.75. The van der Waals surface area contributed by atoms with E-state index in [1.54, 1.807) is 0 Å². The maximum Gasteiger partial charge on any atom is 0.315 e. The predicted octanol–water partition coefficient (Wildman–Crippen LogP) is 3.56. The molecule has 3 aliphatic carbocycles. The highest BCUT2D eigenvalue weighted by Gasteiger charge is 2.25. The molecule has 0 aliphatic heterocycles. The number of carbonyl (C=O) groups is 2. The monoisotopic (exact) mass is 364 g/mol. The molecule has 6 heteroatoms. The lowest BCUT2D eigenvalue weighted by Gasteiger charge is -2.31. The number of nitrogens with one attached hydrogen (secondary N) is 4. The lowest BCUT2D eigenvalue weighted by Crippen LogP contribution is -2.51. The first-order valence-corrected chi connectivity index (χ1v) is 10.8. The topological polar surface area (TPSA) is 82.3 Å². The van der Waals surface area contributed by atoms with Crippen LogP contribution in [0.2, 0.25) is 0 Å². The Balaban J connectivity index is 1.29. The van der Waals surface area contributed by atoms with Crippen molar-refractivity contribution in [1.82, 2.24) is 21.3 Å². The van der Waals surface area contributed by atoms with Crippen LogP contribution in [0.15, 0.2) is 0 Å². The molecule has 0 aromatic rings. The Bertz CT molecular complexity index is 409. The van der Waals surface area contributed by atoms with Crippen molar-refractivity contribution in [3.8, 4) is 0 Å². The van der Waals surface area contributed by atoms with Gasteiger partial charge in [-0.25, -0.2) is 9.59 Å². The normalized spacial score (nSPS) is 28.2. The smallest absolute Gasteiger partial charge is 0.315 e. The van der Waals surface area contributed by atoms with Gasteiger partial charge in [0.25, 0.3) is 0 Å². The lowest BCUT2D eigenvalue weighted by atomic mass is 9.91. The third-order valence-electron chi connectivity index (χ3n) is 6.28. The SMILES string of the molecule is O=C(NC1CCCCC1)NC1CCC(NC(=O)NC2CCCCC2)CC1. The average Bonchev–Trinajstić information content (AvgIpc) is 2.65. The molecule has 0 radical (unpaired) electrons. The number of carbonyl (C=O) groups excluding carboxylic acids is 2. The van der Waals surface area contributed by atoms with E-state index in [1.807, 2.05) is 0 Å². The molecular formula is C20H36N4O2. The van der Waals surface area contributed by atoms with Crippen LogP contribution in [0.5, 0.6) is 0 Å². The van der Waals surface area contributed by atoms with Crippen LogP contribution in [0.25, 0.3) is 0 Å². The van der Waals surface area contributed by atoms with Crippen molar-refractivity contribution in [2.75, 3.05) is 0 Å². The van der Waals surface area contributed by atoms with Gasteiger partial charge in [-0.05, 0) is 51.4 Å². The van der Waals surface area contributed by atoms with E-state index in [2.05, 4.69) is 21.3 Å². The summed E-state index contributed by atoms with van der Waals surface area (Å²) in [4.78, 5) is 24.3. The maximum absolute atomic E-state index is 12.2. The van der Waals surface area contributed by atoms with E-state index in [0.29, 0.717) is 12.1 Å². The zero-order chi connectivity index (χ0) is 18.2. The van der Waals surface area contributed by atoms with Crippen molar-refractivity contribution in [1.29, 1.82) is 0 Å². The molecule has 0 bridgehead atoms. The second-order valence-electron chi connectivity index (χ2n) is 8.45. The molecule has 0 aromatic carbocycles. The van der Waals surface area contributed by atoms with Gasteiger partial charge in [-0.1, -0.05) is 38.5 Å². The summed E-state index contributed by atoms with van der Waals surface area (Å²) in [6.07, 6.45) is 15.7. The van der Waals surface area contributed by atoms with Gasteiger partial charge >= 0.3 is 12.1 Å². The van der Waals surface area contributed by atoms with Gasteiger partial charge in [-0.2, -0.15) is 0 Å². The molecule has 0 heterocycles. The molecule has 0 aromatic heterocycles. The Morgan fingerprint density at radius 3 is 1.00 bits per heavy atom. The van der Waals surface area contributed by atoms with E-state index in [-0.39, 0.29) is 24.1 Å². The Hall–Kier alpha value is -1.46. The highest BCUT2D eigenvalue weighted by atomic mass is 16.2. The Morgan fingerprint density at radius 2 is 0.692 bits per heavy atom. The van der Waals surface area contributed by atoms with Gasteiger partial charge in [0.1, 0.15) is 0 Å². The summed E-state index contributed by atoms with van der Waals surface area (Å²) >= 11 is 0. The standard InChI is InChI=1S/C20H36N4O2/c25-19(21-15-7-3-1-4-8-15)23-17-11-13-18(14-12-17)24-20(26)22-16-9-5-2-6-10-16/h15-18H,1-14H2,(H2,21,23,25)(H2,22,24,26). The van der Waals surface area contributed by atoms with E-state index < -0.39 is 0 Å². The minimum Gasteiger partial charge on any atom is -0.335 e. The summed E-state index contributed by atoms with van der Waals surface area (Å²) in [6, 6.07) is 1.15. The fraction of sp³-hybridized carbons (Fsp3) is 0.900. The van der Waals surface area contributed by atoms with E-state index in [1.165, 1.54) is 38.5 Å². The molecule has 0 atom stereocenters. The summed E-state index contributed by atoms with van der Waals surface area (Å²) in [5.74, 6) is 0. The van der Waals surface area contributed by atoms with Gasteiger partial charge in [-0.3, -0.25) is 0 Å².